The van der Waals surface area contributed by atoms with Crippen LogP contribution in [0.3, 0.4) is 0 Å². The quantitative estimate of drug-likeness (QED) is 0.815. The average molecular weight is 331 g/mol. The van der Waals surface area contributed by atoms with Crippen LogP contribution in [0, 0.1) is 12.8 Å². The van der Waals surface area contributed by atoms with Gasteiger partial charge in [-0.15, -0.1) is 0 Å². The molecule has 0 aliphatic carbocycles. The Kier molecular flexibility index (Phi) is 6.17. The Labute approximate surface area is 142 Å². The van der Waals surface area contributed by atoms with Gasteiger partial charge in [-0.25, -0.2) is 14.8 Å². The lowest BCUT2D eigenvalue weighted by Gasteiger charge is -2.12. The minimum atomic E-state index is -0.253. The molecule has 2 N–H and O–H groups in total. The zero-order valence-corrected chi connectivity index (χ0v) is 14.7. The van der Waals surface area contributed by atoms with Crippen molar-refractivity contribution in [3.05, 3.63) is 41.6 Å². The molecule has 0 atom stereocenters. The van der Waals surface area contributed by atoms with Crippen molar-refractivity contribution in [2.45, 2.75) is 40.4 Å². The Morgan fingerprint density at radius 3 is 2.75 bits per heavy atom. The number of aryl methyl sites for hydroxylation is 1. The predicted molar refractivity (Wildman–Crippen MR) is 91.7 cm³/mol. The van der Waals surface area contributed by atoms with Gasteiger partial charge in [0.1, 0.15) is 5.82 Å². The van der Waals surface area contributed by atoms with E-state index >= 15 is 0 Å². The van der Waals surface area contributed by atoms with Crippen molar-refractivity contribution in [3.8, 4) is 5.88 Å². The van der Waals surface area contributed by atoms with Crippen LogP contribution in [0.5, 0.6) is 5.88 Å². The van der Waals surface area contributed by atoms with Gasteiger partial charge in [-0.2, -0.15) is 0 Å². The number of carbonyl (C=O) groups is 1. The Morgan fingerprint density at radius 1 is 1.29 bits per heavy atom. The number of pyridine rings is 1. The van der Waals surface area contributed by atoms with E-state index in [2.05, 4.69) is 39.0 Å². The zero-order valence-electron chi connectivity index (χ0n) is 14.7. The summed E-state index contributed by atoms with van der Waals surface area (Å²) in [5, 5.41) is 5.63. The van der Waals surface area contributed by atoms with Crippen LogP contribution in [0.25, 0.3) is 0 Å². The second-order valence-electron chi connectivity index (χ2n) is 6.05. The number of aromatic nitrogens is 3. The van der Waals surface area contributed by atoms with E-state index in [1.54, 1.807) is 13.3 Å². The largest absolute Gasteiger partial charge is 0.481 e. The van der Waals surface area contributed by atoms with Gasteiger partial charge in [-0.3, -0.25) is 0 Å². The number of rotatable bonds is 7. The fourth-order valence-corrected chi connectivity index (χ4v) is 2.34. The topological polar surface area (TPSA) is 81.1 Å². The van der Waals surface area contributed by atoms with Crippen LogP contribution in [0.2, 0.25) is 0 Å². The van der Waals surface area contributed by atoms with Gasteiger partial charge in [0.25, 0.3) is 0 Å². The van der Waals surface area contributed by atoms with Gasteiger partial charge in [-0.05, 0) is 18.9 Å². The molecule has 0 aliphatic heterocycles. The van der Waals surface area contributed by atoms with Crippen LogP contribution in [0.1, 0.15) is 30.9 Å². The van der Waals surface area contributed by atoms with Gasteiger partial charge in [0.15, 0.2) is 0 Å². The van der Waals surface area contributed by atoms with E-state index in [1.807, 2.05) is 25.3 Å². The molecule has 0 saturated heterocycles. The number of nitrogens with one attached hydrogen (secondary N) is 2. The van der Waals surface area contributed by atoms with E-state index in [1.165, 1.54) is 0 Å². The SMILES string of the molecule is COc1nc(C)ccc1CNC(=O)NCc1nccn1CC(C)C. The van der Waals surface area contributed by atoms with Gasteiger partial charge in [0.05, 0.1) is 13.7 Å². The highest BCUT2D eigenvalue weighted by Crippen LogP contribution is 2.15. The number of imidazole rings is 1. The maximum absolute atomic E-state index is 12.0. The summed E-state index contributed by atoms with van der Waals surface area (Å²) in [6, 6.07) is 3.54. The summed E-state index contributed by atoms with van der Waals surface area (Å²) in [6.07, 6.45) is 3.68. The van der Waals surface area contributed by atoms with E-state index in [4.69, 9.17) is 4.74 Å². The summed E-state index contributed by atoms with van der Waals surface area (Å²) in [7, 11) is 1.57. The molecule has 24 heavy (non-hydrogen) atoms. The van der Waals surface area contributed by atoms with Crippen LogP contribution in [0.15, 0.2) is 24.5 Å². The van der Waals surface area contributed by atoms with E-state index < -0.39 is 0 Å². The van der Waals surface area contributed by atoms with Crippen molar-refractivity contribution < 1.29 is 9.53 Å². The first-order valence-corrected chi connectivity index (χ1v) is 8.01. The third-order valence-corrected chi connectivity index (χ3v) is 3.48. The third kappa shape index (κ3) is 4.97. The number of hydrogen-bond acceptors (Lipinski definition) is 4. The Bertz CT molecular complexity index is 681. The molecule has 0 aromatic carbocycles. The summed E-state index contributed by atoms with van der Waals surface area (Å²) in [5.74, 6) is 1.89. The van der Waals surface area contributed by atoms with Crippen molar-refractivity contribution in [2.24, 2.45) is 5.92 Å². The van der Waals surface area contributed by atoms with E-state index in [0.29, 0.717) is 24.9 Å². The highest BCUT2D eigenvalue weighted by molar-refractivity contribution is 5.73. The first-order chi connectivity index (χ1) is 11.5. The normalized spacial score (nSPS) is 10.7. The lowest BCUT2D eigenvalue weighted by Crippen LogP contribution is -2.35. The molecule has 2 heterocycles. The molecular weight excluding hydrogens is 306 g/mol. The third-order valence-electron chi connectivity index (χ3n) is 3.48. The second kappa shape index (κ2) is 8.33. The predicted octanol–water partition coefficient (Wildman–Crippen LogP) is 2.25. The van der Waals surface area contributed by atoms with Crippen molar-refractivity contribution in [1.29, 1.82) is 0 Å². The van der Waals surface area contributed by atoms with Crippen LogP contribution in [0.4, 0.5) is 4.79 Å². The molecule has 0 spiro atoms. The Morgan fingerprint density at radius 2 is 2.04 bits per heavy atom. The molecule has 7 heteroatoms. The van der Waals surface area contributed by atoms with Gasteiger partial charge in [0.2, 0.25) is 5.88 Å². The number of urea groups is 1. The van der Waals surface area contributed by atoms with Crippen LogP contribution in [-0.4, -0.2) is 27.7 Å². The number of hydrogen-bond donors (Lipinski definition) is 2. The number of methoxy groups -OCH3 is 1. The molecule has 2 aromatic heterocycles. The fourth-order valence-electron chi connectivity index (χ4n) is 2.34. The summed E-state index contributed by atoms with van der Waals surface area (Å²) in [6.45, 7) is 7.80. The van der Waals surface area contributed by atoms with Crippen LogP contribution < -0.4 is 15.4 Å². The molecule has 7 nitrogen and oxygen atoms in total. The van der Waals surface area contributed by atoms with Gasteiger partial charge in [-0.1, -0.05) is 19.9 Å². The van der Waals surface area contributed by atoms with Crippen molar-refractivity contribution in [2.75, 3.05) is 7.11 Å². The number of nitrogens with zero attached hydrogens (tertiary/aromatic N) is 3. The Balaban J connectivity index is 1.85. The zero-order chi connectivity index (χ0) is 17.5. The van der Waals surface area contributed by atoms with E-state index in [9.17, 15) is 4.79 Å². The minimum Gasteiger partial charge on any atom is -0.481 e. The van der Waals surface area contributed by atoms with Gasteiger partial charge < -0.3 is 19.9 Å². The number of carbonyl (C=O) groups excluding carboxylic acids is 1. The summed E-state index contributed by atoms with van der Waals surface area (Å²) < 4.78 is 7.29. The molecule has 130 valence electrons. The minimum absolute atomic E-state index is 0.253. The second-order valence-corrected chi connectivity index (χ2v) is 6.05. The molecule has 0 unspecified atom stereocenters. The molecule has 0 fully saturated rings. The van der Waals surface area contributed by atoms with Crippen LogP contribution in [-0.2, 0) is 19.6 Å². The maximum Gasteiger partial charge on any atom is 0.315 e. The summed E-state index contributed by atoms with van der Waals surface area (Å²) >= 11 is 0. The van der Waals surface area contributed by atoms with Crippen LogP contribution >= 0.6 is 0 Å². The first kappa shape index (κ1) is 17.8. The number of ether oxygens (including phenoxy) is 1. The van der Waals surface area contributed by atoms with Crippen molar-refractivity contribution in [3.63, 3.8) is 0 Å². The molecule has 2 aromatic rings. The fraction of sp³-hybridized carbons (Fsp3) is 0.471. The molecular formula is C17H25N5O2. The molecule has 0 bridgehead atoms. The highest BCUT2D eigenvalue weighted by Gasteiger charge is 2.09. The lowest BCUT2D eigenvalue weighted by atomic mass is 10.2. The summed E-state index contributed by atoms with van der Waals surface area (Å²) in [5.41, 5.74) is 1.71. The summed E-state index contributed by atoms with van der Waals surface area (Å²) in [4.78, 5) is 20.6. The van der Waals surface area contributed by atoms with E-state index in [-0.39, 0.29) is 6.03 Å². The van der Waals surface area contributed by atoms with Crippen molar-refractivity contribution in [1.82, 2.24) is 25.2 Å². The molecule has 2 rings (SSSR count). The highest BCUT2D eigenvalue weighted by atomic mass is 16.5. The van der Waals surface area contributed by atoms with Crippen molar-refractivity contribution >= 4 is 6.03 Å². The standard InChI is InChI=1S/C17H25N5O2/c1-12(2)11-22-8-7-18-15(22)10-20-17(23)19-9-14-6-5-13(3)21-16(14)24-4/h5-8,12H,9-11H2,1-4H3,(H2,19,20,23). The van der Waals surface area contributed by atoms with E-state index in [0.717, 1.165) is 23.6 Å². The maximum atomic E-state index is 12.0. The van der Waals surface area contributed by atoms with Gasteiger partial charge >= 0.3 is 6.03 Å². The molecule has 2 amide bonds. The smallest absolute Gasteiger partial charge is 0.315 e. The molecule has 0 aliphatic rings. The molecule has 0 saturated carbocycles. The Hall–Kier alpha value is -2.57. The average Bonchev–Trinajstić information content (AvgIpc) is 2.97. The van der Waals surface area contributed by atoms with Gasteiger partial charge in [0, 0.05) is 36.7 Å². The number of amides is 2. The monoisotopic (exact) mass is 331 g/mol. The lowest BCUT2D eigenvalue weighted by molar-refractivity contribution is 0.239. The molecule has 0 radical (unpaired) electrons. The first-order valence-electron chi connectivity index (χ1n) is 8.01.